The average Bonchev–Trinajstić information content (AvgIpc) is 2.17. The first-order valence-electron chi connectivity index (χ1n) is 4.23. The monoisotopic (exact) mass is 225 g/mol. The van der Waals surface area contributed by atoms with E-state index in [2.05, 4.69) is 5.32 Å². The van der Waals surface area contributed by atoms with Gasteiger partial charge in [0.15, 0.2) is 0 Å². The van der Waals surface area contributed by atoms with Crippen LogP contribution in [0.15, 0.2) is 23.1 Å². The maximum absolute atomic E-state index is 10.9. The predicted octanol–water partition coefficient (Wildman–Crippen LogP) is 2.07. The number of hydrogen-bond acceptors (Lipinski definition) is 3. The highest BCUT2D eigenvalue weighted by molar-refractivity contribution is 7.98. The molecule has 0 saturated heterocycles. The van der Waals surface area contributed by atoms with Crippen LogP contribution in [0.25, 0.3) is 0 Å². The van der Waals surface area contributed by atoms with E-state index in [1.54, 1.807) is 6.07 Å². The predicted molar refractivity (Wildman–Crippen MR) is 59.5 cm³/mol. The number of benzene rings is 1. The van der Waals surface area contributed by atoms with Crippen molar-refractivity contribution >= 4 is 29.3 Å². The van der Waals surface area contributed by atoms with E-state index >= 15 is 0 Å². The van der Waals surface area contributed by atoms with Gasteiger partial charge in [-0.3, -0.25) is 4.79 Å². The van der Waals surface area contributed by atoms with E-state index in [0.29, 0.717) is 5.69 Å². The lowest BCUT2D eigenvalue weighted by Crippen LogP contribution is -2.07. The molecular weight excluding hydrogens is 214 g/mol. The van der Waals surface area contributed by atoms with Crippen molar-refractivity contribution < 1.29 is 14.7 Å². The van der Waals surface area contributed by atoms with Crippen LogP contribution in [0, 0.1) is 0 Å². The van der Waals surface area contributed by atoms with Gasteiger partial charge >= 0.3 is 5.97 Å². The van der Waals surface area contributed by atoms with Gasteiger partial charge in [-0.05, 0) is 24.5 Å². The van der Waals surface area contributed by atoms with Gasteiger partial charge in [-0.15, -0.1) is 11.8 Å². The first-order valence-corrected chi connectivity index (χ1v) is 5.46. The van der Waals surface area contributed by atoms with Gasteiger partial charge in [0.05, 0.1) is 11.3 Å². The minimum Gasteiger partial charge on any atom is -0.478 e. The summed E-state index contributed by atoms with van der Waals surface area (Å²) in [5, 5.41) is 11.4. The molecule has 0 aromatic heterocycles. The van der Waals surface area contributed by atoms with Gasteiger partial charge in [0.1, 0.15) is 0 Å². The third kappa shape index (κ3) is 2.99. The lowest BCUT2D eigenvalue weighted by molar-refractivity contribution is -0.114. The van der Waals surface area contributed by atoms with Crippen LogP contribution in [0.2, 0.25) is 0 Å². The fourth-order valence-electron chi connectivity index (χ4n) is 1.12. The normalized spacial score (nSPS) is 9.73. The summed E-state index contributed by atoms with van der Waals surface area (Å²) in [4.78, 5) is 22.3. The molecule has 1 amide bonds. The fourth-order valence-corrected chi connectivity index (χ4v) is 1.70. The van der Waals surface area contributed by atoms with Gasteiger partial charge in [0.2, 0.25) is 5.91 Å². The number of carboxylic acids is 1. The highest BCUT2D eigenvalue weighted by atomic mass is 32.2. The number of hydrogen-bond donors (Lipinski definition) is 2. The van der Waals surface area contributed by atoms with Crippen molar-refractivity contribution in [1.29, 1.82) is 0 Å². The molecule has 0 heterocycles. The van der Waals surface area contributed by atoms with Crippen molar-refractivity contribution in [1.82, 2.24) is 0 Å². The molecule has 1 aromatic rings. The summed E-state index contributed by atoms with van der Waals surface area (Å²) in [7, 11) is 0. The van der Waals surface area contributed by atoms with Gasteiger partial charge in [0, 0.05) is 11.8 Å². The minimum absolute atomic E-state index is 0.173. The molecule has 0 fully saturated rings. The second-order valence-electron chi connectivity index (χ2n) is 2.90. The number of amides is 1. The van der Waals surface area contributed by atoms with Crippen LogP contribution in [0.3, 0.4) is 0 Å². The third-order valence-electron chi connectivity index (χ3n) is 1.76. The molecule has 4 nitrogen and oxygen atoms in total. The Morgan fingerprint density at radius 3 is 2.53 bits per heavy atom. The Hall–Kier alpha value is -1.49. The van der Waals surface area contributed by atoms with Gasteiger partial charge in [-0.2, -0.15) is 0 Å². The van der Waals surface area contributed by atoms with E-state index < -0.39 is 5.97 Å². The molecule has 1 aromatic carbocycles. The number of nitrogens with one attached hydrogen (secondary N) is 1. The molecule has 0 atom stereocenters. The minimum atomic E-state index is -0.973. The van der Waals surface area contributed by atoms with E-state index in [-0.39, 0.29) is 11.5 Å². The molecule has 0 unspecified atom stereocenters. The Morgan fingerprint density at radius 1 is 1.40 bits per heavy atom. The van der Waals surface area contributed by atoms with Gasteiger partial charge < -0.3 is 10.4 Å². The first-order chi connectivity index (χ1) is 7.04. The Balaban J connectivity index is 3.08. The summed E-state index contributed by atoms with van der Waals surface area (Å²) in [6, 6.07) is 4.60. The maximum atomic E-state index is 10.9. The Labute approximate surface area is 91.7 Å². The molecule has 5 heteroatoms. The van der Waals surface area contributed by atoms with E-state index in [9.17, 15) is 9.59 Å². The first kappa shape index (κ1) is 11.6. The van der Waals surface area contributed by atoms with Crippen LogP contribution in [0.5, 0.6) is 0 Å². The van der Waals surface area contributed by atoms with Crippen molar-refractivity contribution in [3.8, 4) is 0 Å². The van der Waals surface area contributed by atoms with Crippen LogP contribution >= 0.6 is 11.8 Å². The molecule has 0 spiro atoms. The highest BCUT2D eigenvalue weighted by Crippen LogP contribution is 2.26. The summed E-state index contributed by atoms with van der Waals surface area (Å²) >= 11 is 1.39. The number of carbonyl (C=O) groups is 2. The summed E-state index contributed by atoms with van der Waals surface area (Å²) in [6.07, 6.45) is 1.83. The Kier molecular flexibility index (Phi) is 3.74. The second kappa shape index (κ2) is 4.84. The molecule has 0 aliphatic carbocycles. The molecule has 2 N–H and O–H groups in total. The van der Waals surface area contributed by atoms with Gasteiger partial charge in [-0.1, -0.05) is 0 Å². The second-order valence-corrected chi connectivity index (χ2v) is 3.75. The molecule has 0 aliphatic heterocycles. The molecular formula is C10H11NO3S. The SMILES string of the molecule is CSc1cc(C(=O)O)ccc1NC(C)=O. The van der Waals surface area contributed by atoms with Crippen molar-refractivity contribution in [2.75, 3.05) is 11.6 Å². The van der Waals surface area contributed by atoms with Gasteiger partial charge in [-0.25, -0.2) is 4.79 Å². The summed E-state index contributed by atoms with van der Waals surface area (Å²) in [5.74, 6) is -1.15. The number of anilines is 1. The summed E-state index contributed by atoms with van der Waals surface area (Å²) in [6.45, 7) is 1.41. The molecule has 80 valence electrons. The van der Waals surface area contributed by atoms with E-state index in [4.69, 9.17) is 5.11 Å². The number of aromatic carboxylic acids is 1. The van der Waals surface area contributed by atoms with Crippen molar-refractivity contribution in [2.24, 2.45) is 0 Å². The van der Waals surface area contributed by atoms with Crippen molar-refractivity contribution in [3.63, 3.8) is 0 Å². The largest absolute Gasteiger partial charge is 0.478 e. The number of thioether (sulfide) groups is 1. The summed E-state index contributed by atoms with van der Waals surface area (Å²) < 4.78 is 0. The highest BCUT2D eigenvalue weighted by Gasteiger charge is 2.08. The van der Waals surface area contributed by atoms with E-state index in [0.717, 1.165) is 4.90 Å². The molecule has 0 radical (unpaired) electrons. The quantitative estimate of drug-likeness (QED) is 0.773. The molecule has 1 rings (SSSR count). The van der Waals surface area contributed by atoms with Crippen LogP contribution in [0.1, 0.15) is 17.3 Å². The molecule has 15 heavy (non-hydrogen) atoms. The van der Waals surface area contributed by atoms with Crippen LogP contribution in [-0.4, -0.2) is 23.2 Å². The van der Waals surface area contributed by atoms with Crippen molar-refractivity contribution in [2.45, 2.75) is 11.8 Å². The third-order valence-corrected chi connectivity index (χ3v) is 2.54. The number of rotatable bonds is 3. The van der Waals surface area contributed by atoms with E-state index in [1.807, 2.05) is 6.26 Å². The van der Waals surface area contributed by atoms with Crippen LogP contribution in [-0.2, 0) is 4.79 Å². The van der Waals surface area contributed by atoms with Crippen LogP contribution in [0.4, 0.5) is 5.69 Å². The van der Waals surface area contributed by atoms with E-state index in [1.165, 1.54) is 30.8 Å². The zero-order valence-electron chi connectivity index (χ0n) is 8.40. The summed E-state index contributed by atoms with van der Waals surface area (Å²) in [5.41, 5.74) is 0.855. The zero-order chi connectivity index (χ0) is 11.4. The molecule has 0 saturated carbocycles. The smallest absolute Gasteiger partial charge is 0.335 e. The topological polar surface area (TPSA) is 66.4 Å². The molecule has 0 aliphatic rings. The Bertz CT molecular complexity index is 404. The molecule has 0 bridgehead atoms. The average molecular weight is 225 g/mol. The van der Waals surface area contributed by atoms with Crippen LogP contribution < -0.4 is 5.32 Å². The number of carboxylic acid groups (broad SMARTS) is 1. The Morgan fingerprint density at radius 2 is 2.07 bits per heavy atom. The standard InChI is InChI=1S/C10H11NO3S/c1-6(12)11-8-4-3-7(10(13)14)5-9(8)15-2/h3-5H,1-2H3,(H,11,12)(H,13,14). The number of carbonyl (C=O) groups excluding carboxylic acids is 1. The van der Waals surface area contributed by atoms with Gasteiger partial charge in [0.25, 0.3) is 0 Å². The fraction of sp³-hybridized carbons (Fsp3) is 0.200. The maximum Gasteiger partial charge on any atom is 0.335 e. The lowest BCUT2D eigenvalue weighted by atomic mass is 10.2. The van der Waals surface area contributed by atoms with Crippen molar-refractivity contribution in [3.05, 3.63) is 23.8 Å². The zero-order valence-corrected chi connectivity index (χ0v) is 9.22. The lowest BCUT2D eigenvalue weighted by Gasteiger charge is -2.08.